The van der Waals surface area contributed by atoms with Crippen LogP contribution < -0.4 is 10.2 Å². The molecule has 0 aromatic carbocycles. The molecule has 0 radical (unpaired) electrons. The summed E-state index contributed by atoms with van der Waals surface area (Å²) in [6.07, 6.45) is 5.63. The van der Waals surface area contributed by atoms with Crippen molar-refractivity contribution in [1.82, 2.24) is 25.1 Å². The van der Waals surface area contributed by atoms with Gasteiger partial charge in [0.1, 0.15) is 5.82 Å². The molecule has 3 rings (SSSR count). The van der Waals surface area contributed by atoms with E-state index in [0.29, 0.717) is 12.8 Å². The fourth-order valence-corrected chi connectivity index (χ4v) is 2.85. The molecule has 7 heteroatoms. The van der Waals surface area contributed by atoms with Crippen molar-refractivity contribution in [3.05, 3.63) is 18.0 Å². The molecule has 0 unspecified atom stereocenters. The number of hydrogen-bond acceptors (Lipinski definition) is 5. The summed E-state index contributed by atoms with van der Waals surface area (Å²) in [6.45, 7) is 4.86. The van der Waals surface area contributed by atoms with Gasteiger partial charge in [0.25, 0.3) is 0 Å². The number of carbonyl (C=O) groups excluding carboxylic acids is 1. The van der Waals surface area contributed by atoms with Crippen molar-refractivity contribution >= 4 is 17.4 Å². The molecule has 7 nitrogen and oxygen atoms in total. The van der Waals surface area contributed by atoms with Crippen LogP contribution in [-0.4, -0.2) is 45.4 Å². The summed E-state index contributed by atoms with van der Waals surface area (Å²) in [5, 5.41) is 15.9. The van der Waals surface area contributed by atoms with E-state index in [1.807, 2.05) is 19.1 Å². The van der Waals surface area contributed by atoms with Crippen LogP contribution >= 0.6 is 0 Å². The molecule has 1 aliphatic rings. The molecule has 1 N–H and O–H groups in total. The lowest BCUT2D eigenvalue weighted by Crippen LogP contribution is -2.30. The molecule has 23 heavy (non-hydrogen) atoms. The van der Waals surface area contributed by atoms with Crippen LogP contribution in [0.5, 0.6) is 0 Å². The van der Waals surface area contributed by atoms with Crippen molar-refractivity contribution in [2.24, 2.45) is 0 Å². The first-order chi connectivity index (χ1) is 11.3. The fraction of sp³-hybridized carbons (Fsp3) is 0.625. The van der Waals surface area contributed by atoms with Gasteiger partial charge in [0.15, 0.2) is 11.5 Å². The SMILES string of the molecule is CCCNC(=O)CCc1nnc2ccc(N3CCCCC3)nn12. The Morgan fingerprint density at radius 1 is 1.22 bits per heavy atom. The van der Waals surface area contributed by atoms with Gasteiger partial charge < -0.3 is 10.2 Å². The highest BCUT2D eigenvalue weighted by atomic mass is 16.1. The number of carbonyl (C=O) groups is 1. The molecule has 1 saturated heterocycles. The van der Waals surface area contributed by atoms with Gasteiger partial charge in [0, 0.05) is 32.5 Å². The van der Waals surface area contributed by atoms with Gasteiger partial charge in [-0.25, -0.2) is 0 Å². The van der Waals surface area contributed by atoms with Crippen molar-refractivity contribution in [3.8, 4) is 0 Å². The topological polar surface area (TPSA) is 75.4 Å². The van der Waals surface area contributed by atoms with Gasteiger partial charge >= 0.3 is 0 Å². The van der Waals surface area contributed by atoms with Gasteiger partial charge in [-0.05, 0) is 37.8 Å². The van der Waals surface area contributed by atoms with E-state index in [9.17, 15) is 4.79 Å². The zero-order chi connectivity index (χ0) is 16.1. The summed E-state index contributed by atoms with van der Waals surface area (Å²) >= 11 is 0. The molecule has 0 atom stereocenters. The number of amides is 1. The Morgan fingerprint density at radius 3 is 2.83 bits per heavy atom. The van der Waals surface area contributed by atoms with Gasteiger partial charge in [-0.2, -0.15) is 4.52 Å². The molecule has 2 aromatic rings. The lowest BCUT2D eigenvalue weighted by atomic mass is 10.1. The zero-order valence-corrected chi connectivity index (χ0v) is 13.7. The average molecular weight is 316 g/mol. The summed E-state index contributed by atoms with van der Waals surface area (Å²) in [4.78, 5) is 14.1. The second-order valence-corrected chi connectivity index (χ2v) is 5.98. The lowest BCUT2D eigenvalue weighted by Gasteiger charge is -2.27. The molecule has 2 aromatic heterocycles. The molecule has 0 saturated carbocycles. The number of nitrogens with one attached hydrogen (secondary N) is 1. The van der Waals surface area contributed by atoms with E-state index in [1.54, 1.807) is 4.52 Å². The van der Waals surface area contributed by atoms with E-state index in [0.717, 1.165) is 43.3 Å². The van der Waals surface area contributed by atoms with Gasteiger partial charge in [0.2, 0.25) is 5.91 Å². The smallest absolute Gasteiger partial charge is 0.220 e. The molecule has 0 bridgehead atoms. The average Bonchev–Trinajstić information content (AvgIpc) is 3.01. The molecule has 1 aliphatic heterocycles. The Hall–Kier alpha value is -2.18. The molecular formula is C16H24N6O. The summed E-state index contributed by atoms with van der Waals surface area (Å²) in [7, 11) is 0. The highest BCUT2D eigenvalue weighted by molar-refractivity contribution is 5.76. The Morgan fingerprint density at radius 2 is 2.04 bits per heavy atom. The number of fused-ring (bicyclic) bond motifs is 1. The van der Waals surface area contributed by atoms with Gasteiger partial charge in [-0.1, -0.05) is 6.92 Å². The number of rotatable bonds is 6. The minimum Gasteiger partial charge on any atom is -0.356 e. The van der Waals surface area contributed by atoms with E-state index in [-0.39, 0.29) is 5.91 Å². The second kappa shape index (κ2) is 7.39. The quantitative estimate of drug-likeness (QED) is 0.875. The molecule has 0 aliphatic carbocycles. The van der Waals surface area contributed by atoms with Gasteiger partial charge in [-0.15, -0.1) is 15.3 Å². The third-order valence-electron chi connectivity index (χ3n) is 4.14. The van der Waals surface area contributed by atoms with Crippen molar-refractivity contribution in [1.29, 1.82) is 0 Å². The van der Waals surface area contributed by atoms with Crippen LogP contribution in [0.4, 0.5) is 5.82 Å². The summed E-state index contributed by atoms with van der Waals surface area (Å²) in [5.41, 5.74) is 0.731. The highest BCUT2D eigenvalue weighted by Gasteiger charge is 2.15. The summed E-state index contributed by atoms with van der Waals surface area (Å²) in [6, 6.07) is 3.96. The van der Waals surface area contributed by atoms with Crippen molar-refractivity contribution < 1.29 is 4.79 Å². The van der Waals surface area contributed by atoms with E-state index < -0.39 is 0 Å². The lowest BCUT2D eigenvalue weighted by molar-refractivity contribution is -0.121. The standard InChI is InChI=1S/C16H24N6O/c1-2-10-17-16(23)9-8-14-19-18-13-6-7-15(20-22(13)14)21-11-4-3-5-12-21/h6-7H,2-5,8-12H2,1H3,(H,17,23). The summed E-state index contributed by atoms with van der Waals surface area (Å²) in [5.74, 6) is 1.76. The molecule has 124 valence electrons. The van der Waals surface area contributed by atoms with E-state index in [2.05, 4.69) is 25.5 Å². The zero-order valence-electron chi connectivity index (χ0n) is 13.7. The normalized spacial score (nSPS) is 15.1. The number of aryl methyl sites for hydroxylation is 1. The van der Waals surface area contributed by atoms with E-state index in [4.69, 9.17) is 0 Å². The number of hydrogen-bond donors (Lipinski definition) is 1. The molecule has 3 heterocycles. The van der Waals surface area contributed by atoms with Crippen LogP contribution in [0.1, 0.15) is 44.9 Å². The van der Waals surface area contributed by atoms with Crippen LogP contribution in [0.15, 0.2) is 12.1 Å². The van der Waals surface area contributed by atoms with Crippen molar-refractivity contribution in [3.63, 3.8) is 0 Å². The van der Waals surface area contributed by atoms with E-state index >= 15 is 0 Å². The third-order valence-corrected chi connectivity index (χ3v) is 4.14. The highest BCUT2D eigenvalue weighted by Crippen LogP contribution is 2.18. The summed E-state index contributed by atoms with van der Waals surface area (Å²) < 4.78 is 1.77. The number of nitrogens with zero attached hydrogens (tertiary/aromatic N) is 5. The first kappa shape index (κ1) is 15.7. The Kier molecular flexibility index (Phi) is 5.05. The molecular weight excluding hydrogens is 292 g/mol. The Balaban J connectivity index is 1.71. The first-order valence-electron chi connectivity index (χ1n) is 8.51. The van der Waals surface area contributed by atoms with Crippen LogP contribution in [0.2, 0.25) is 0 Å². The minimum absolute atomic E-state index is 0.0517. The Bertz CT molecular complexity index is 662. The second-order valence-electron chi connectivity index (χ2n) is 5.98. The molecule has 0 spiro atoms. The van der Waals surface area contributed by atoms with Crippen molar-refractivity contribution in [2.45, 2.75) is 45.4 Å². The third kappa shape index (κ3) is 3.78. The maximum absolute atomic E-state index is 11.8. The van der Waals surface area contributed by atoms with E-state index in [1.165, 1.54) is 19.3 Å². The van der Waals surface area contributed by atoms with Gasteiger partial charge in [0.05, 0.1) is 0 Å². The number of piperidine rings is 1. The number of anilines is 1. The largest absolute Gasteiger partial charge is 0.356 e. The maximum atomic E-state index is 11.8. The predicted octanol–water partition coefficient (Wildman–Crippen LogP) is 1.57. The monoisotopic (exact) mass is 316 g/mol. The van der Waals surface area contributed by atoms with Gasteiger partial charge in [-0.3, -0.25) is 4.79 Å². The van der Waals surface area contributed by atoms with Crippen LogP contribution in [0, 0.1) is 0 Å². The van der Waals surface area contributed by atoms with Crippen LogP contribution in [0.25, 0.3) is 5.65 Å². The predicted molar refractivity (Wildman–Crippen MR) is 88.5 cm³/mol. The Labute approximate surface area is 136 Å². The minimum atomic E-state index is 0.0517. The van der Waals surface area contributed by atoms with Crippen molar-refractivity contribution in [2.75, 3.05) is 24.5 Å². The number of aromatic nitrogens is 4. The first-order valence-corrected chi connectivity index (χ1v) is 8.51. The molecule has 1 fully saturated rings. The molecule has 1 amide bonds. The van der Waals surface area contributed by atoms with Crippen LogP contribution in [-0.2, 0) is 11.2 Å². The fourth-order valence-electron chi connectivity index (χ4n) is 2.85. The van der Waals surface area contributed by atoms with Crippen LogP contribution in [0.3, 0.4) is 0 Å². The maximum Gasteiger partial charge on any atom is 0.220 e.